The molecule has 0 aromatic heterocycles. The highest BCUT2D eigenvalue weighted by Crippen LogP contribution is 2.38. The molecule has 0 aromatic carbocycles. The summed E-state index contributed by atoms with van der Waals surface area (Å²) >= 11 is 0. The maximum absolute atomic E-state index is 12.2. The van der Waals surface area contributed by atoms with Crippen molar-refractivity contribution < 1.29 is 22.0 Å². The summed E-state index contributed by atoms with van der Waals surface area (Å²) in [5.74, 6) is -4.62. The van der Waals surface area contributed by atoms with Crippen molar-refractivity contribution in [2.45, 2.75) is 31.4 Å². The normalized spacial score (nSPS) is 12.6. The summed E-state index contributed by atoms with van der Waals surface area (Å²) < 4.78 is 58.9. The minimum absolute atomic E-state index is 0.00601. The molecule has 0 aliphatic rings. The van der Waals surface area contributed by atoms with Crippen LogP contribution >= 0.6 is 0 Å². The highest BCUT2D eigenvalue weighted by Gasteiger charge is 2.56. The number of rotatable bonds is 4. The van der Waals surface area contributed by atoms with Crippen LogP contribution in [-0.2, 0) is 0 Å². The first-order chi connectivity index (χ1) is 5.81. The topological polar surface area (TPSA) is 4.36 Å². The third-order valence-electron chi connectivity index (χ3n) is 1.43. The molecule has 6 heteroatoms. The Hall–Kier alpha value is -0.860. The summed E-state index contributed by atoms with van der Waals surface area (Å²) in [6.07, 6.45) is -6.90. The molecule has 1 nitrogen and oxygen atoms in total. The van der Waals surface area contributed by atoms with Crippen LogP contribution in [0.5, 0.6) is 0 Å². The maximum atomic E-state index is 12.2. The van der Waals surface area contributed by atoms with Gasteiger partial charge in [0.2, 0.25) is 6.54 Å². The molecule has 0 bridgehead atoms. The van der Waals surface area contributed by atoms with E-state index in [4.69, 9.17) is 6.57 Å². The van der Waals surface area contributed by atoms with E-state index in [1.165, 1.54) is 0 Å². The molecule has 0 saturated carbocycles. The average molecular weight is 201 g/mol. The van der Waals surface area contributed by atoms with Gasteiger partial charge < -0.3 is 4.85 Å². The smallest absolute Gasteiger partial charge is 0.317 e. The molecule has 0 radical (unpaired) electrons. The molecule has 0 heterocycles. The second kappa shape index (κ2) is 4.40. The molecule has 0 unspecified atom stereocenters. The van der Waals surface area contributed by atoms with Gasteiger partial charge in [-0.1, -0.05) is 0 Å². The van der Waals surface area contributed by atoms with Crippen LogP contribution in [0.2, 0.25) is 0 Å². The molecule has 0 spiro atoms. The predicted octanol–water partition coefficient (Wildman–Crippen LogP) is 3.27. The van der Waals surface area contributed by atoms with Crippen LogP contribution in [-0.4, -0.2) is 18.6 Å². The Balaban J connectivity index is 3.85. The molecule has 0 saturated heterocycles. The van der Waals surface area contributed by atoms with Crippen LogP contribution in [0.4, 0.5) is 22.0 Å². The van der Waals surface area contributed by atoms with Crippen LogP contribution in [0.3, 0.4) is 0 Å². The van der Waals surface area contributed by atoms with Crippen LogP contribution in [0.15, 0.2) is 0 Å². The second-order valence-electron chi connectivity index (χ2n) is 2.54. The van der Waals surface area contributed by atoms with Crippen molar-refractivity contribution in [1.82, 2.24) is 0 Å². The van der Waals surface area contributed by atoms with E-state index in [9.17, 15) is 22.0 Å². The zero-order valence-corrected chi connectivity index (χ0v) is 6.67. The van der Waals surface area contributed by atoms with Crippen LogP contribution < -0.4 is 0 Å². The standard InChI is InChI=1S/C7H8F5N/c1-13-5-3-2-4-6(8,9)7(10,11)12/h2-5H2. The third kappa shape index (κ3) is 4.06. The van der Waals surface area contributed by atoms with Crippen molar-refractivity contribution in [3.8, 4) is 0 Å². The molecule has 0 aliphatic heterocycles. The van der Waals surface area contributed by atoms with Crippen molar-refractivity contribution in [3.05, 3.63) is 11.4 Å². The number of alkyl halides is 5. The Morgan fingerprint density at radius 2 is 1.54 bits per heavy atom. The zero-order valence-electron chi connectivity index (χ0n) is 6.67. The largest absolute Gasteiger partial charge is 0.453 e. The minimum Gasteiger partial charge on any atom is -0.317 e. The summed E-state index contributed by atoms with van der Waals surface area (Å²) in [6, 6.07) is 0. The molecule has 0 rings (SSSR count). The van der Waals surface area contributed by atoms with Gasteiger partial charge >= 0.3 is 12.1 Å². The fraction of sp³-hybridized carbons (Fsp3) is 0.857. The molecule has 0 fully saturated rings. The van der Waals surface area contributed by atoms with E-state index in [0.717, 1.165) is 0 Å². The van der Waals surface area contributed by atoms with Crippen molar-refractivity contribution in [1.29, 1.82) is 0 Å². The Morgan fingerprint density at radius 1 is 1.00 bits per heavy atom. The number of unbranched alkanes of at least 4 members (excludes halogenated alkanes) is 1. The number of halogens is 5. The van der Waals surface area contributed by atoms with Gasteiger partial charge in [-0.05, 0) is 6.42 Å². The fourth-order valence-electron chi connectivity index (χ4n) is 0.680. The van der Waals surface area contributed by atoms with Gasteiger partial charge in [0.15, 0.2) is 0 Å². The lowest BCUT2D eigenvalue weighted by Crippen LogP contribution is -2.36. The summed E-state index contributed by atoms with van der Waals surface area (Å²) in [7, 11) is 0. The Kier molecular flexibility index (Phi) is 4.11. The monoisotopic (exact) mass is 201 g/mol. The van der Waals surface area contributed by atoms with Gasteiger partial charge in [0.1, 0.15) is 0 Å². The van der Waals surface area contributed by atoms with E-state index in [1.54, 1.807) is 0 Å². The lowest BCUT2D eigenvalue weighted by Gasteiger charge is -2.18. The molecule has 0 amide bonds. The highest BCUT2D eigenvalue weighted by atomic mass is 19.4. The van der Waals surface area contributed by atoms with E-state index >= 15 is 0 Å². The van der Waals surface area contributed by atoms with Gasteiger partial charge in [0.05, 0.1) is 0 Å². The van der Waals surface area contributed by atoms with Gasteiger partial charge in [0, 0.05) is 12.8 Å². The van der Waals surface area contributed by atoms with Gasteiger partial charge in [0.25, 0.3) is 0 Å². The zero-order chi connectivity index (χ0) is 10.5. The summed E-state index contributed by atoms with van der Waals surface area (Å²) in [5, 5.41) is 0. The van der Waals surface area contributed by atoms with Crippen LogP contribution in [0, 0.1) is 6.57 Å². The Bertz CT molecular complexity index is 190. The van der Waals surface area contributed by atoms with E-state index in [2.05, 4.69) is 4.85 Å². The molecular formula is C7H8F5N. The average Bonchev–Trinajstić information content (AvgIpc) is 1.96. The van der Waals surface area contributed by atoms with Crippen molar-refractivity contribution in [2.24, 2.45) is 0 Å². The molecule has 0 aliphatic carbocycles. The number of nitrogens with zero attached hydrogens (tertiary/aromatic N) is 1. The molecule has 0 aromatic rings. The van der Waals surface area contributed by atoms with Crippen molar-refractivity contribution in [3.63, 3.8) is 0 Å². The number of hydrogen-bond acceptors (Lipinski definition) is 0. The highest BCUT2D eigenvalue weighted by molar-refractivity contribution is 4.75. The third-order valence-corrected chi connectivity index (χ3v) is 1.43. The first-order valence-electron chi connectivity index (χ1n) is 3.59. The molecule has 0 N–H and O–H groups in total. The molecule has 76 valence electrons. The van der Waals surface area contributed by atoms with Gasteiger partial charge in [-0.2, -0.15) is 22.0 Å². The fourth-order valence-corrected chi connectivity index (χ4v) is 0.680. The van der Waals surface area contributed by atoms with Crippen molar-refractivity contribution >= 4 is 0 Å². The first kappa shape index (κ1) is 12.1. The van der Waals surface area contributed by atoms with Gasteiger partial charge in [-0.25, -0.2) is 6.57 Å². The summed E-state index contributed by atoms with van der Waals surface area (Å²) in [4.78, 5) is 2.84. The van der Waals surface area contributed by atoms with E-state index in [0.29, 0.717) is 0 Å². The SMILES string of the molecule is [C-]#[N+]CCCCC(F)(F)C(F)(F)F. The predicted molar refractivity (Wildman–Crippen MR) is 36.3 cm³/mol. The van der Waals surface area contributed by atoms with Crippen molar-refractivity contribution in [2.75, 3.05) is 6.54 Å². The Labute approximate surface area is 72.4 Å². The number of hydrogen-bond donors (Lipinski definition) is 0. The molecule has 0 atom stereocenters. The van der Waals surface area contributed by atoms with Crippen LogP contribution in [0.25, 0.3) is 4.85 Å². The van der Waals surface area contributed by atoms with E-state index in [-0.39, 0.29) is 19.4 Å². The van der Waals surface area contributed by atoms with E-state index in [1.807, 2.05) is 0 Å². The van der Waals surface area contributed by atoms with Gasteiger partial charge in [-0.3, -0.25) is 0 Å². The summed E-state index contributed by atoms with van der Waals surface area (Å²) in [5.41, 5.74) is 0. The molecule has 13 heavy (non-hydrogen) atoms. The quantitative estimate of drug-likeness (QED) is 0.373. The Morgan fingerprint density at radius 3 is 1.92 bits per heavy atom. The van der Waals surface area contributed by atoms with Gasteiger partial charge in [-0.15, -0.1) is 0 Å². The lowest BCUT2D eigenvalue weighted by atomic mass is 10.1. The van der Waals surface area contributed by atoms with E-state index < -0.39 is 18.5 Å². The molecular weight excluding hydrogens is 193 g/mol. The maximum Gasteiger partial charge on any atom is 0.453 e. The first-order valence-corrected chi connectivity index (χ1v) is 3.59. The lowest BCUT2D eigenvalue weighted by molar-refractivity contribution is -0.284. The second-order valence-corrected chi connectivity index (χ2v) is 2.54. The van der Waals surface area contributed by atoms with Crippen LogP contribution in [0.1, 0.15) is 19.3 Å². The minimum atomic E-state index is -5.47. The summed E-state index contributed by atoms with van der Waals surface area (Å²) in [6.45, 7) is 6.27.